The van der Waals surface area contributed by atoms with Crippen molar-refractivity contribution >= 4 is 61.9 Å². The second-order valence-corrected chi connectivity index (χ2v) is 9.84. The molecule has 2 aliphatic rings. The summed E-state index contributed by atoms with van der Waals surface area (Å²) >= 11 is 6.54. The van der Waals surface area contributed by atoms with Crippen LogP contribution in [0.3, 0.4) is 0 Å². The molecular formula is C22H22BrN3O2S2. The van der Waals surface area contributed by atoms with Crippen LogP contribution in [0.15, 0.2) is 66.8 Å². The van der Waals surface area contributed by atoms with E-state index in [0.29, 0.717) is 6.54 Å². The van der Waals surface area contributed by atoms with Gasteiger partial charge < -0.3 is 9.64 Å². The minimum Gasteiger partial charge on any atom is -0.497 e. The van der Waals surface area contributed by atoms with E-state index >= 15 is 0 Å². The number of amidine groups is 1. The molecule has 0 aliphatic carbocycles. The van der Waals surface area contributed by atoms with Crippen molar-refractivity contribution in [3.05, 3.63) is 56.9 Å². The molecule has 2 aromatic rings. The Morgan fingerprint density at radius 3 is 2.60 bits per heavy atom. The first kappa shape index (κ1) is 21.3. The highest BCUT2D eigenvalue weighted by molar-refractivity contribution is 9.10. The second kappa shape index (κ2) is 9.08. The summed E-state index contributed by atoms with van der Waals surface area (Å²) in [4.78, 5) is 23.9. The number of rotatable bonds is 5. The van der Waals surface area contributed by atoms with E-state index in [0.717, 1.165) is 54.4 Å². The number of ether oxygens (including phenoxy) is 1. The fraction of sp³-hybridized carbons (Fsp3) is 0.273. The lowest BCUT2D eigenvalue weighted by Gasteiger charge is -2.16. The van der Waals surface area contributed by atoms with E-state index in [1.165, 1.54) is 11.8 Å². The quantitative estimate of drug-likeness (QED) is 0.452. The van der Waals surface area contributed by atoms with Crippen molar-refractivity contribution < 1.29 is 9.53 Å². The minimum atomic E-state index is 0.0263. The number of nitrogens with zero attached hydrogens (tertiary/aromatic N) is 3. The Kier molecular flexibility index (Phi) is 6.46. The van der Waals surface area contributed by atoms with E-state index in [9.17, 15) is 4.79 Å². The Morgan fingerprint density at radius 1 is 1.13 bits per heavy atom. The molecule has 2 heterocycles. The van der Waals surface area contributed by atoms with Crippen molar-refractivity contribution in [3.8, 4) is 5.75 Å². The summed E-state index contributed by atoms with van der Waals surface area (Å²) in [5.74, 6) is 0.832. The smallest absolute Gasteiger partial charge is 0.269 e. The molecule has 2 aliphatic heterocycles. The topological polar surface area (TPSA) is 45.1 Å². The molecular weight excluding hydrogens is 482 g/mol. The molecule has 2 aromatic carbocycles. The summed E-state index contributed by atoms with van der Waals surface area (Å²) in [6.45, 7) is 2.80. The number of benzene rings is 2. The summed E-state index contributed by atoms with van der Waals surface area (Å²) in [6, 6.07) is 13.8. The van der Waals surface area contributed by atoms with Gasteiger partial charge in [0.15, 0.2) is 5.17 Å². The summed E-state index contributed by atoms with van der Waals surface area (Å²) < 4.78 is 6.37. The number of carbonyl (C=O) groups is 1. The van der Waals surface area contributed by atoms with E-state index < -0.39 is 0 Å². The number of anilines is 1. The van der Waals surface area contributed by atoms with Crippen molar-refractivity contribution in [1.82, 2.24) is 4.90 Å². The highest BCUT2D eigenvalue weighted by Crippen LogP contribution is 2.51. The Bertz CT molecular complexity index is 1040. The van der Waals surface area contributed by atoms with Crippen molar-refractivity contribution in [3.63, 3.8) is 0 Å². The van der Waals surface area contributed by atoms with Gasteiger partial charge in [0.05, 0.1) is 23.5 Å². The molecule has 156 valence electrons. The first-order valence-corrected chi connectivity index (χ1v) is 12.1. The third-order valence-electron chi connectivity index (χ3n) is 4.88. The zero-order chi connectivity index (χ0) is 21.3. The summed E-state index contributed by atoms with van der Waals surface area (Å²) in [7, 11) is 3.66. The van der Waals surface area contributed by atoms with E-state index in [-0.39, 0.29) is 5.91 Å². The second-order valence-electron chi connectivity index (χ2n) is 6.91. The monoisotopic (exact) mass is 503 g/mol. The van der Waals surface area contributed by atoms with Gasteiger partial charge in [-0.2, -0.15) is 0 Å². The lowest BCUT2D eigenvalue weighted by Crippen LogP contribution is -2.30. The van der Waals surface area contributed by atoms with Gasteiger partial charge in [0.25, 0.3) is 5.91 Å². The van der Waals surface area contributed by atoms with Gasteiger partial charge >= 0.3 is 0 Å². The van der Waals surface area contributed by atoms with Gasteiger partial charge in [-0.15, -0.1) is 0 Å². The standard InChI is InChI=1S/C22H22BrN3O2S2/c1-4-5-12-26-20(27)19(30-22(26)24-15-8-6-14(23)7-9-15)21-25(2)17-13-16(28-3)10-11-18(17)29-21/h6-11,13H,4-5,12H2,1-3H3/b21-19-,24-22?. The molecule has 1 fully saturated rings. The molecule has 0 saturated carbocycles. The zero-order valence-corrected chi connectivity index (χ0v) is 20.2. The van der Waals surface area contributed by atoms with Crippen LogP contribution in [0.5, 0.6) is 5.75 Å². The third-order valence-corrected chi connectivity index (χ3v) is 7.84. The summed E-state index contributed by atoms with van der Waals surface area (Å²) in [5.41, 5.74) is 1.88. The lowest BCUT2D eigenvalue weighted by molar-refractivity contribution is -0.122. The predicted molar refractivity (Wildman–Crippen MR) is 130 cm³/mol. The maximum Gasteiger partial charge on any atom is 0.269 e. The maximum atomic E-state index is 13.4. The largest absolute Gasteiger partial charge is 0.497 e. The number of aliphatic imine (C=N–C) groups is 1. The van der Waals surface area contributed by atoms with E-state index in [2.05, 4.69) is 27.8 Å². The Hall–Kier alpha value is -1.90. The maximum absolute atomic E-state index is 13.4. The highest BCUT2D eigenvalue weighted by Gasteiger charge is 2.39. The third kappa shape index (κ3) is 4.13. The molecule has 1 saturated heterocycles. The number of methoxy groups -OCH3 is 1. The van der Waals surface area contributed by atoms with Gasteiger partial charge in [0, 0.05) is 29.0 Å². The van der Waals surface area contributed by atoms with E-state index in [1.807, 2.05) is 54.4 Å². The molecule has 4 rings (SSSR count). The fourth-order valence-corrected chi connectivity index (χ4v) is 5.82. The lowest BCUT2D eigenvalue weighted by atomic mass is 10.3. The van der Waals surface area contributed by atoms with Crippen molar-refractivity contribution in [2.45, 2.75) is 24.7 Å². The Labute approximate surface area is 193 Å². The van der Waals surface area contributed by atoms with Gasteiger partial charge in [-0.05, 0) is 54.6 Å². The number of hydrogen-bond acceptors (Lipinski definition) is 6. The number of halogens is 1. The molecule has 8 heteroatoms. The molecule has 0 unspecified atom stereocenters. The molecule has 0 atom stereocenters. The van der Waals surface area contributed by atoms with E-state index in [4.69, 9.17) is 9.73 Å². The molecule has 0 aromatic heterocycles. The van der Waals surface area contributed by atoms with Crippen LogP contribution in [0.1, 0.15) is 19.8 Å². The molecule has 0 bridgehead atoms. The molecule has 5 nitrogen and oxygen atoms in total. The average molecular weight is 504 g/mol. The van der Waals surface area contributed by atoms with Gasteiger partial charge in [-0.25, -0.2) is 4.99 Å². The van der Waals surface area contributed by atoms with Crippen LogP contribution in [-0.4, -0.2) is 36.7 Å². The van der Waals surface area contributed by atoms with Crippen LogP contribution >= 0.6 is 39.5 Å². The number of hydrogen-bond donors (Lipinski definition) is 0. The van der Waals surface area contributed by atoms with Crippen LogP contribution < -0.4 is 9.64 Å². The number of amides is 1. The Morgan fingerprint density at radius 2 is 1.90 bits per heavy atom. The first-order chi connectivity index (χ1) is 14.5. The normalized spacial score (nSPS) is 19.7. The number of fused-ring (bicyclic) bond motifs is 1. The number of carbonyl (C=O) groups excluding carboxylic acids is 1. The van der Waals surface area contributed by atoms with Crippen molar-refractivity contribution in [2.24, 2.45) is 4.99 Å². The number of unbranched alkanes of at least 4 members (excludes halogenated alkanes) is 1. The van der Waals surface area contributed by atoms with Crippen LogP contribution in [0, 0.1) is 0 Å². The van der Waals surface area contributed by atoms with Crippen LogP contribution in [0.4, 0.5) is 11.4 Å². The fourth-order valence-electron chi connectivity index (χ4n) is 3.21. The predicted octanol–water partition coefficient (Wildman–Crippen LogP) is 6.23. The molecule has 0 spiro atoms. The van der Waals surface area contributed by atoms with Crippen LogP contribution in [-0.2, 0) is 4.79 Å². The zero-order valence-electron chi connectivity index (χ0n) is 17.0. The summed E-state index contributed by atoms with van der Waals surface area (Å²) in [6.07, 6.45) is 1.96. The van der Waals surface area contributed by atoms with Crippen LogP contribution in [0.25, 0.3) is 0 Å². The van der Waals surface area contributed by atoms with Gasteiger partial charge in [0.2, 0.25) is 0 Å². The average Bonchev–Trinajstić information content (AvgIpc) is 3.24. The Balaban J connectivity index is 1.70. The van der Waals surface area contributed by atoms with E-state index in [1.54, 1.807) is 18.9 Å². The van der Waals surface area contributed by atoms with Crippen molar-refractivity contribution in [1.29, 1.82) is 0 Å². The molecule has 1 amide bonds. The van der Waals surface area contributed by atoms with Gasteiger partial charge in [-0.1, -0.05) is 41.0 Å². The number of thioether (sulfide) groups is 2. The van der Waals surface area contributed by atoms with Crippen LogP contribution in [0.2, 0.25) is 0 Å². The minimum absolute atomic E-state index is 0.0263. The van der Waals surface area contributed by atoms with Gasteiger partial charge in [0.1, 0.15) is 10.7 Å². The molecule has 0 radical (unpaired) electrons. The van der Waals surface area contributed by atoms with Crippen molar-refractivity contribution in [2.75, 3.05) is 25.6 Å². The summed E-state index contributed by atoms with van der Waals surface area (Å²) in [5, 5.41) is 1.68. The SMILES string of the molecule is CCCCN1C(=O)/C(=C2/Sc3ccc(OC)cc3N2C)SC1=Nc1ccc(Br)cc1. The first-order valence-electron chi connectivity index (χ1n) is 9.69. The molecule has 0 N–H and O–H groups in total. The molecule has 30 heavy (non-hydrogen) atoms. The highest BCUT2D eigenvalue weighted by atomic mass is 79.9. The van der Waals surface area contributed by atoms with Gasteiger partial charge in [-0.3, -0.25) is 9.69 Å².